The topological polar surface area (TPSA) is 166 Å². The lowest BCUT2D eigenvalue weighted by molar-refractivity contribution is 0.1000. The minimum Gasteiger partial charge on any atom is -0.506 e. The number of primary amides is 1. The van der Waals surface area contributed by atoms with Crippen LogP contribution in [0.2, 0.25) is 0 Å². The normalized spacial score (nSPS) is 10.1. The van der Waals surface area contributed by atoms with Crippen LogP contribution in [0.3, 0.4) is 0 Å². The van der Waals surface area contributed by atoms with Gasteiger partial charge in [0, 0.05) is 20.6 Å². The van der Waals surface area contributed by atoms with Crippen molar-refractivity contribution in [2.75, 3.05) is 21.3 Å². The summed E-state index contributed by atoms with van der Waals surface area (Å²) in [7, 11) is 0. The van der Waals surface area contributed by atoms with Gasteiger partial charge in [-0.3, -0.25) is 4.79 Å². The van der Waals surface area contributed by atoms with Crippen LogP contribution in [0.15, 0.2) is 81.7 Å². The summed E-state index contributed by atoms with van der Waals surface area (Å²) in [6.45, 7) is 0. The lowest BCUT2D eigenvalue weighted by Gasteiger charge is -2.11. The molecule has 0 heterocycles. The summed E-state index contributed by atoms with van der Waals surface area (Å²) in [5.74, 6) is -6.55. The number of carbonyl (C=O) groups excluding carboxylic acids is 3. The first-order valence-electron chi connectivity index (χ1n) is 11.5. The zero-order valence-corrected chi connectivity index (χ0v) is 24.2. The van der Waals surface area contributed by atoms with Gasteiger partial charge in [0.1, 0.15) is 11.4 Å². The average molecular weight is 711 g/mol. The van der Waals surface area contributed by atoms with E-state index in [1.165, 1.54) is 18.2 Å². The molecule has 0 radical (unpaired) electrons. The molecule has 0 saturated carbocycles. The van der Waals surface area contributed by atoms with E-state index in [9.17, 15) is 37.8 Å². The van der Waals surface area contributed by atoms with Gasteiger partial charge in [0.2, 0.25) is 5.91 Å². The van der Waals surface area contributed by atoms with Crippen molar-refractivity contribution < 1.29 is 37.8 Å². The number of benzene rings is 4. The van der Waals surface area contributed by atoms with Gasteiger partial charge in [-0.1, -0.05) is 24.3 Å². The fourth-order valence-electron chi connectivity index (χ4n) is 3.16. The Morgan fingerprint density at radius 2 is 1.17 bits per heavy atom. The summed E-state index contributed by atoms with van der Waals surface area (Å²) < 4.78 is 40.9. The fourth-order valence-corrected chi connectivity index (χ4v) is 3.93. The Morgan fingerprint density at radius 1 is 0.667 bits per heavy atom. The molecule has 0 fully saturated rings. The van der Waals surface area contributed by atoms with E-state index in [-0.39, 0.29) is 23.1 Å². The Balaban J connectivity index is 0.000000230. The van der Waals surface area contributed by atoms with E-state index >= 15 is 0 Å². The van der Waals surface area contributed by atoms with Crippen LogP contribution in [0.5, 0.6) is 11.5 Å². The van der Waals surface area contributed by atoms with E-state index in [4.69, 9.17) is 5.73 Å². The van der Waals surface area contributed by atoms with Crippen LogP contribution in [0.4, 0.5) is 45.5 Å². The predicted molar refractivity (Wildman–Crippen MR) is 158 cm³/mol. The number of halogens is 5. The van der Waals surface area contributed by atoms with Crippen LogP contribution < -0.4 is 27.0 Å². The molecule has 0 atom stereocenters. The molecule has 0 aliphatic heterocycles. The zero-order valence-electron chi connectivity index (χ0n) is 21.0. The fraction of sp³-hybridized carbons (Fsp3) is 0. The maximum atomic E-state index is 13.5. The molecule has 4 rings (SSSR count). The van der Waals surface area contributed by atoms with E-state index in [1.807, 2.05) is 11.4 Å². The van der Waals surface area contributed by atoms with Gasteiger partial charge in [-0.2, -0.15) is 0 Å². The van der Waals surface area contributed by atoms with Gasteiger partial charge >= 0.3 is 12.1 Å². The maximum absolute atomic E-state index is 13.5. The number of hydrogen-bond donors (Lipinski definition) is 7. The molecule has 4 aromatic rings. The van der Waals surface area contributed by atoms with Crippen LogP contribution in [-0.4, -0.2) is 28.2 Å². The van der Waals surface area contributed by atoms with Crippen LogP contribution in [0.1, 0.15) is 10.4 Å². The highest BCUT2D eigenvalue weighted by molar-refractivity contribution is 9.11. The minimum atomic E-state index is -1.56. The van der Waals surface area contributed by atoms with Gasteiger partial charge in [0.15, 0.2) is 23.2 Å². The highest BCUT2D eigenvalue weighted by Crippen LogP contribution is 2.32. The summed E-state index contributed by atoms with van der Waals surface area (Å²) in [4.78, 5) is 34.5. The molecule has 0 aromatic heterocycles. The molecule has 0 unspecified atom stereocenters. The van der Waals surface area contributed by atoms with Crippen molar-refractivity contribution in [3.63, 3.8) is 0 Å². The molecule has 5 amide bonds. The number of hydrogen-bond acceptors (Lipinski definition) is 5. The molecule has 0 aliphatic rings. The van der Waals surface area contributed by atoms with Gasteiger partial charge in [-0.25, -0.2) is 22.8 Å². The smallest absolute Gasteiger partial charge is 0.323 e. The van der Waals surface area contributed by atoms with E-state index in [0.29, 0.717) is 15.8 Å². The molecule has 0 spiro atoms. The predicted octanol–water partition coefficient (Wildman–Crippen LogP) is 7.11. The minimum absolute atomic E-state index is 0.157. The summed E-state index contributed by atoms with van der Waals surface area (Å²) in [5, 5.41) is 28.4. The van der Waals surface area contributed by atoms with Crippen molar-refractivity contribution in [2.45, 2.75) is 0 Å². The molecule has 8 N–H and O–H groups in total. The van der Waals surface area contributed by atoms with Crippen LogP contribution in [-0.2, 0) is 0 Å². The Kier molecular flexibility index (Phi) is 10.8. The Labute approximate surface area is 253 Å². The third kappa shape index (κ3) is 8.37. The van der Waals surface area contributed by atoms with Gasteiger partial charge in [0.05, 0.1) is 17.1 Å². The van der Waals surface area contributed by atoms with Crippen molar-refractivity contribution in [2.24, 2.45) is 5.73 Å². The number of phenols is 2. The van der Waals surface area contributed by atoms with E-state index in [2.05, 4.69) is 47.8 Å². The quantitative estimate of drug-likeness (QED) is 0.0865. The first-order valence-corrected chi connectivity index (χ1v) is 13.1. The van der Waals surface area contributed by atoms with Crippen molar-refractivity contribution in [3.8, 4) is 11.5 Å². The molecular formula is C27H20Br2F3N5O5. The largest absolute Gasteiger partial charge is 0.506 e. The summed E-state index contributed by atoms with van der Waals surface area (Å²) in [5.41, 5.74) is 5.39. The van der Waals surface area contributed by atoms with Gasteiger partial charge in [0.25, 0.3) is 0 Å². The van der Waals surface area contributed by atoms with Gasteiger partial charge < -0.3 is 37.2 Å². The van der Waals surface area contributed by atoms with Crippen LogP contribution in [0.25, 0.3) is 0 Å². The van der Waals surface area contributed by atoms with Gasteiger partial charge in [-0.15, -0.1) is 0 Å². The van der Waals surface area contributed by atoms with Crippen LogP contribution in [0, 0.1) is 17.5 Å². The molecule has 0 aliphatic carbocycles. The second kappa shape index (κ2) is 14.2. The Morgan fingerprint density at radius 3 is 1.67 bits per heavy atom. The van der Waals surface area contributed by atoms with Crippen molar-refractivity contribution in [1.82, 2.24) is 0 Å². The van der Waals surface area contributed by atoms with Gasteiger partial charge in [-0.05, 0) is 74.3 Å². The van der Waals surface area contributed by atoms with E-state index < -0.39 is 46.9 Å². The number of urea groups is 2. The number of carbonyl (C=O) groups is 3. The number of rotatable bonds is 5. The molecule has 218 valence electrons. The SMILES string of the molecule is NC(=O)c1ccc(NC(=O)Nc2ccccc2Br)c(O)c1.O=C(Nc1ccccc1Br)Nc1c(O)c(F)cc(F)c1F. The first-order chi connectivity index (χ1) is 19.9. The molecule has 0 saturated heterocycles. The number of nitrogens with one attached hydrogen (secondary N) is 4. The van der Waals surface area contributed by atoms with E-state index in [0.717, 1.165) is 4.47 Å². The number of amides is 5. The number of nitrogens with two attached hydrogens (primary N) is 1. The standard InChI is InChI=1S/C14H12BrN3O3.C13H8BrF3N2O2/c15-9-3-1-2-4-10(9)17-14(21)18-11-6-5-8(13(16)20)7-12(11)19;14-6-3-1-2-4-9(6)18-13(21)19-11-10(17)7(15)5-8(16)12(11)20/h1-7,19H,(H2,16,20)(H2,17,18,21);1-5,20H,(H2,18,19,21). The molecule has 0 bridgehead atoms. The van der Waals surface area contributed by atoms with E-state index in [1.54, 1.807) is 42.5 Å². The zero-order chi connectivity index (χ0) is 31.0. The summed E-state index contributed by atoms with van der Waals surface area (Å²) >= 11 is 6.48. The Hall–Kier alpha value is -4.76. The number of phenolic OH excluding ortho intramolecular Hbond substituents is 2. The second-order valence-corrected chi connectivity index (χ2v) is 9.80. The first kappa shape index (κ1) is 31.8. The number of aromatic hydroxyl groups is 2. The lowest BCUT2D eigenvalue weighted by Crippen LogP contribution is -2.21. The monoisotopic (exact) mass is 709 g/mol. The third-order valence-corrected chi connectivity index (χ3v) is 6.54. The second-order valence-electron chi connectivity index (χ2n) is 8.09. The Bertz CT molecular complexity index is 1630. The average Bonchev–Trinajstić information content (AvgIpc) is 2.94. The highest BCUT2D eigenvalue weighted by Gasteiger charge is 2.20. The molecule has 42 heavy (non-hydrogen) atoms. The molecule has 10 nitrogen and oxygen atoms in total. The van der Waals surface area contributed by atoms with Crippen molar-refractivity contribution >= 4 is 72.6 Å². The molecule has 4 aromatic carbocycles. The summed E-state index contributed by atoms with van der Waals surface area (Å²) in [6.07, 6.45) is 0. The highest BCUT2D eigenvalue weighted by atomic mass is 79.9. The van der Waals surface area contributed by atoms with Crippen molar-refractivity contribution in [1.29, 1.82) is 0 Å². The number of anilines is 4. The van der Waals surface area contributed by atoms with Crippen LogP contribution >= 0.6 is 31.9 Å². The molecule has 15 heteroatoms. The third-order valence-electron chi connectivity index (χ3n) is 5.16. The lowest BCUT2D eigenvalue weighted by atomic mass is 10.2. The summed E-state index contributed by atoms with van der Waals surface area (Å²) in [6, 6.07) is 16.3. The number of para-hydroxylation sites is 2. The van der Waals surface area contributed by atoms with Crippen molar-refractivity contribution in [3.05, 3.63) is 105 Å². The maximum Gasteiger partial charge on any atom is 0.323 e. The molecular weight excluding hydrogens is 691 g/mol.